The zero-order chi connectivity index (χ0) is 24.9. The third kappa shape index (κ3) is 4.81. The van der Waals surface area contributed by atoms with Gasteiger partial charge in [0.15, 0.2) is 5.58 Å². The zero-order valence-corrected chi connectivity index (χ0v) is 21.5. The highest BCUT2D eigenvalue weighted by Gasteiger charge is 2.16. The number of nitrogens with zero attached hydrogens (tertiary/aromatic N) is 2. The molecule has 0 aliphatic rings. The van der Waals surface area contributed by atoms with Gasteiger partial charge in [0.25, 0.3) is 0 Å². The quantitative estimate of drug-likeness (QED) is 0.201. The van der Waals surface area contributed by atoms with E-state index in [0.717, 1.165) is 46.5 Å². The van der Waals surface area contributed by atoms with Gasteiger partial charge in [-0.2, -0.15) is 0 Å². The second-order valence-corrected chi connectivity index (χ2v) is 9.31. The predicted octanol–water partition coefficient (Wildman–Crippen LogP) is 8.73. The van der Waals surface area contributed by atoms with Gasteiger partial charge < -0.3 is 14.1 Å². The number of unbranched alkanes of at least 4 members (excludes halogenated alkanes) is 2. The number of ether oxygens (including phenoxy) is 1. The van der Waals surface area contributed by atoms with Gasteiger partial charge in [0.2, 0.25) is 5.89 Å². The normalized spacial score (nSPS) is 11.3. The van der Waals surface area contributed by atoms with E-state index in [0.29, 0.717) is 5.89 Å². The van der Waals surface area contributed by atoms with Crippen LogP contribution < -0.4 is 9.64 Å². The maximum Gasteiger partial charge on any atom is 0.227 e. The number of hydrogen-bond donors (Lipinski definition) is 0. The number of hydrogen-bond acceptors (Lipinski definition) is 4. The first kappa shape index (κ1) is 23.9. The van der Waals surface area contributed by atoms with Crippen molar-refractivity contribution in [1.29, 1.82) is 0 Å². The topological polar surface area (TPSA) is 38.5 Å². The molecule has 0 aliphatic carbocycles. The van der Waals surface area contributed by atoms with Gasteiger partial charge in [-0.3, -0.25) is 0 Å². The fourth-order valence-electron chi connectivity index (χ4n) is 4.77. The number of anilines is 1. The molecule has 0 fully saturated rings. The lowest BCUT2D eigenvalue weighted by molar-refractivity contribution is 0.415. The average molecular weight is 479 g/mol. The second kappa shape index (κ2) is 10.9. The molecule has 184 valence electrons. The van der Waals surface area contributed by atoms with Crippen molar-refractivity contribution < 1.29 is 9.15 Å². The largest absolute Gasteiger partial charge is 0.497 e. The smallest absolute Gasteiger partial charge is 0.227 e. The lowest BCUT2D eigenvalue weighted by Gasteiger charge is -2.25. The van der Waals surface area contributed by atoms with Crippen LogP contribution in [0, 0.1) is 0 Å². The average Bonchev–Trinajstić information content (AvgIpc) is 3.37. The molecule has 0 N–H and O–H groups in total. The van der Waals surface area contributed by atoms with Crippen molar-refractivity contribution in [2.75, 3.05) is 25.1 Å². The molecule has 4 heteroatoms. The minimum atomic E-state index is 0.618. The predicted molar refractivity (Wildman–Crippen MR) is 151 cm³/mol. The first-order valence-corrected chi connectivity index (χ1v) is 13.0. The number of oxazole rings is 1. The van der Waals surface area contributed by atoms with Crippen LogP contribution in [0.4, 0.5) is 5.69 Å². The minimum absolute atomic E-state index is 0.618. The molecule has 0 aliphatic heterocycles. The third-order valence-corrected chi connectivity index (χ3v) is 6.84. The molecule has 4 nitrogen and oxygen atoms in total. The van der Waals surface area contributed by atoms with Crippen LogP contribution in [0.5, 0.6) is 5.75 Å². The summed E-state index contributed by atoms with van der Waals surface area (Å²) in [5.74, 6) is 1.43. The van der Waals surface area contributed by atoms with E-state index in [-0.39, 0.29) is 0 Å². The molecule has 0 saturated carbocycles. The maximum absolute atomic E-state index is 6.29. The van der Waals surface area contributed by atoms with E-state index >= 15 is 0 Å². The van der Waals surface area contributed by atoms with Crippen LogP contribution in [0.1, 0.15) is 39.5 Å². The Labute approximate surface area is 213 Å². The van der Waals surface area contributed by atoms with Crippen LogP contribution in [0.15, 0.2) is 83.3 Å². The van der Waals surface area contributed by atoms with Crippen molar-refractivity contribution in [3.63, 3.8) is 0 Å². The third-order valence-electron chi connectivity index (χ3n) is 6.84. The van der Waals surface area contributed by atoms with Crippen molar-refractivity contribution in [2.45, 2.75) is 39.5 Å². The number of methoxy groups -OCH3 is 1. The Morgan fingerprint density at radius 2 is 1.42 bits per heavy atom. The maximum atomic E-state index is 6.29. The van der Waals surface area contributed by atoms with Crippen LogP contribution in [-0.2, 0) is 0 Å². The molecule has 0 spiro atoms. The molecular formula is C32H34N2O2. The van der Waals surface area contributed by atoms with Gasteiger partial charge in [0, 0.05) is 29.7 Å². The molecule has 0 bridgehead atoms. The molecule has 0 radical (unpaired) electrons. The standard InChI is InChI=1S/C32H34N2O2/c1-4-6-20-34(21-7-5-2)25-16-12-23(13-17-25)29-22-30-31(28-11-9-8-10-27(28)29)33-32(36-30)24-14-18-26(35-3)19-15-24/h8-19,22H,4-7,20-21H2,1-3H3. The Balaban J connectivity index is 1.54. The summed E-state index contributed by atoms with van der Waals surface area (Å²) in [6.07, 6.45) is 4.86. The Kier molecular flexibility index (Phi) is 7.22. The van der Waals surface area contributed by atoms with E-state index in [1.165, 1.54) is 42.3 Å². The van der Waals surface area contributed by atoms with Crippen LogP contribution >= 0.6 is 0 Å². The minimum Gasteiger partial charge on any atom is -0.497 e. The summed E-state index contributed by atoms with van der Waals surface area (Å²) in [6.45, 7) is 6.73. The van der Waals surface area contributed by atoms with E-state index in [1.54, 1.807) is 7.11 Å². The van der Waals surface area contributed by atoms with Crippen LogP contribution in [-0.4, -0.2) is 25.2 Å². The van der Waals surface area contributed by atoms with Gasteiger partial charge >= 0.3 is 0 Å². The van der Waals surface area contributed by atoms with Gasteiger partial charge in [-0.15, -0.1) is 0 Å². The molecule has 36 heavy (non-hydrogen) atoms. The van der Waals surface area contributed by atoms with Gasteiger partial charge in [-0.05, 0) is 71.8 Å². The summed E-state index contributed by atoms with van der Waals surface area (Å²) in [4.78, 5) is 7.41. The van der Waals surface area contributed by atoms with Crippen LogP contribution in [0.25, 0.3) is 44.5 Å². The monoisotopic (exact) mass is 478 g/mol. The molecule has 0 unspecified atom stereocenters. The fourth-order valence-corrected chi connectivity index (χ4v) is 4.77. The van der Waals surface area contributed by atoms with Gasteiger partial charge in [0.05, 0.1) is 7.11 Å². The molecule has 1 aromatic heterocycles. The van der Waals surface area contributed by atoms with Crippen molar-refractivity contribution in [1.82, 2.24) is 4.98 Å². The van der Waals surface area contributed by atoms with Crippen molar-refractivity contribution in [3.05, 3.63) is 78.9 Å². The van der Waals surface area contributed by atoms with Crippen molar-refractivity contribution >= 4 is 27.6 Å². The molecule has 4 aromatic carbocycles. The Morgan fingerprint density at radius 1 is 0.778 bits per heavy atom. The van der Waals surface area contributed by atoms with E-state index in [4.69, 9.17) is 14.1 Å². The van der Waals surface area contributed by atoms with Gasteiger partial charge in [-0.25, -0.2) is 4.98 Å². The number of fused-ring (bicyclic) bond motifs is 3. The highest BCUT2D eigenvalue weighted by atomic mass is 16.5. The summed E-state index contributed by atoms with van der Waals surface area (Å²) >= 11 is 0. The highest BCUT2D eigenvalue weighted by molar-refractivity contribution is 6.11. The summed E-state index contributed by atoms with van der Waals surface area (Å²) < 4.78 is 11.6. The van der Waals surface area contributed by atoms with E-state index < -0.39 is 0 Å². The number of rotatable bonds is 10. The summed E-state index contributed by atoms with van der Waals surface area (Å²) in [5.41, 5.74) is 6.27. The van der Waals surface area contributed by atoms with Crippen LogP contribution in [0.3, 0.4) is 0 Å². The van der Waals surface area contributed by atoms with E-state index in [1.807, 2.05) is 24.3 Å². The Bertz CT molecular complexity index is 1430. The lowest BCUT2D eigenvalue weighted by atomic mass is 9.97. The number of benzene rings is 4. The first-order valence-electron chi connectivity index (χ1n) is 13.0. The Morgan fingerprint density at radius 3 is 2.06 bits per heavy atom. The first-order chi connectivity index (χ1) is 17.7. The molecule has 5 rings (SSSR count). The van der Waals surface area contributed by atoms with Crippen LogP contribution in [0.2, 0.25) is 0 Å². The zero-order valence-electron chi connectivity index (χ0n) is 21.5. The summed E-state index contributed by atoms with van der Waals surface area (Å²) in [5, 5.41) is 2.28. The van der Waals surface area contributed by atoms with Crippen molar-refractivity contribution in [2.24, 2.45) is 0 Å². The van der Waals surface area contributed by atoms with E-state index in [9.17, 15) is 0 Å². The molecule has 0 atom stereocenters. The molecule has 0 amide bonds. The van der Waals surface area contributed by atoms with Gasteiger partial charge in [-0.1, -0.05) is 63.1 Å². The molecule has 1 heterocycles. The summed E-state index contributed by atoms with van der Waals surface area (Å²) in [7, 11) is 1.67. The SMILES string of the molecule is CCCCN(CCCC)c1ccc(-c2cc3oc(-c4ccc(OC)cc4)nc3c3ccccc23)cc1. The fraction of sp³-hybridized carbons (Fsp3) is 0.281. The second-order valence-electron chi connectivity index (χ2n) is 9.31. The molecule has 0 saturated heterocycles. The number of aromatic nitrogens is 1. The Hall–Kier alpha value is -3.79. The van der Waals surface area contributed by atoms with E-state index in [2.05, 4.69) is 73.3 Å². The highest BCUT2D eigenvalue weighted by Crippen LogP contribution is 2.37. The lowest BCUT2D eigenvalue weighted by Crippen LogP contribution is -2.25. The van der Waals surface area contributed by atoms with Gasteiger partial charge in [0.1, 0.15) is 11.3 Å². The summed E-state index contributed by atoms with van der Waals surface area (Å²) in [6, 6.07) is 27.4. The van der Waals surface area contributed by atoms with Crippen molar-refractivity contribution in [3.8, 4) is 28.3 Å². The molecule has 5 aromatic rings. The molecular weight excluding hydrogens is 444 g/mol.